The molecule has 0 spiro atoms. The largest absolute Gasteiger partial charge is 0.439 e. The van der Waals surface area contributed by atoms with E-state index in [9.17, 15) is 13.2 Å². The van der Waals surface area contributed by atoms with Gasteiger partial charge in [-0.25, -0.2) is 13.4 Å². The molecule has 8 heteroatoms. The number of nitrogens with one attached hydrogen (secondary N) is 2. The summed E-state index contributed by atoms with van der Waals surface area (Å²) in [4.78, 5) is 16.5. The maximum absolute atomic E-state index is 12.7. The lowest BCUT2D eigenvalue weighted by atomic mass is 10.0. The number of rotatable bonds is 12. The number of aromatic nitrogens is 1. The van der Waals surface area contributed by atoms with Crippen LogP contribution in [0.25, 0.3) is 0 Å². The van der Waals surface area contributed by atoms with Gasteiger partial charge in [-0.15, -0.1) is 0 Å². The first kappa shape index (κ1) is 26.2. The van der Waals surface area contributed by atoms with E-state index < -0.39 is 10.0 Å². The zero-order valence-corrected chi connectivity index (χ0v) is 21.3. The van der Waals surface area contributed by atoms with Crippen LogP contribution >= 0.6 is 0 Å². The van der Waals surface area contributed by atoms with Crippen LogP contribution in [0.1, 0.15) is 56.0 Å². The van der Waals surface area contributed by atoms with E-state index in [1.54, 1.807) is 48.5 Å². The van der Waals surface area contributed by atoms with Crippen LogP contribution in [0.15, 0.2) is 71.8 Å². The summed E-state index contributed by atoms with van der Waals surface area (Å²) in [6.45, 7) is 7.01. The van der Waals surface area contributed by atoms with E-state index >= 15 is 0 Å². The van der Waals surface area contributed by atoms with Crippen molar-refractivity contribution in [1.29, 1.82) is 0 Å². The van der Waals surface area contributed by atoms with Crippen molar-refractivity contribution in [2.24, 2.45) is 5.92 Å². The number of carbonyl (C=O) groups excluding carboxylic acids is 1. The van der Waals surface area contributed by atoms with Crippen molar-refractivity contribution in [2.45, 2.75) is 51.3 Å². The molecule has 0 saturated carbocycles. The fourth-order valence-corrected chi connectivity index (χ4v) is 4.51. The van der Waals surface area contributed by atoms with Crippen LogP contribution in [0.4, 0.5) is 5.69 Å². The number of hydrogen-bond donors (Lipinski definition) is 2. The second-order valence-electron chi connectivity index (χ2n) is 8.82. The predicted molar refractivity (Wildman–Crippen MR) is 138 cm³/mol. The monoisotopic (exact) mass is 495 g/mol. The van der Waals surface area contributed by atoms with E-state index in [-0.39, 0.29) is 10.8 Å². The molecule has 2 aromatic carbocycles. The third-order valence-corrected chi connectivity index (χ3v) is 6.67. The molecule has 0 bridgehead atoms. The van der Waals surface area contributed by atoms with Gasteiger partial charge in [-0.05, 0) is 66.8 Å². The van der Waals surface area contributed by atoms with Crippen LogP contribution < -0.4 is 14.8 Å². The summed E-state index contributed by atoms with van der Waals surface area (Å²) in [5.74, 6) is 1.17. The van der Waals surface area contributed by atoms with Gasteiger partial charge in [0.2, 0.25) is 5.88 Å². The van der Waals surface area contributed by atoms with Gasteiger partial charge in [0.1, 0.15) is 5.75 Å². The number of ether oxygens (including phenoxy) is 1. The molecule has 3 rings (SSSR count). The molecule has 35 heavy (non-hydrogen) atoms. The first-order chi connectivity index (χ1) is 16.8. The SMILES string of the molecule is CCCCCNC(=O)c1ccc(Oc2ccc(NS(=O)(=O)c3ccc(CC(C)C)cc3)cc2)nc1. The lowest BCUT2D eigenvalue weighted by Gasteiger charge is -2.11. The Balaban J connectivity index is 1.56. The normalized spacial score (nSPS) is 11.3. The number of anilines is 1. The van der Waals surface area contributed by atoms with Crippen LogP contribution in [0, 0.1) is 5.92 Å². The second-order valence-corrected chi connectivity index (χ2v) is 10.5. The summed E-state index contributed by atoms with van der Waals surface area (Å²) in [7, 11) is -3.69. The molecule has 1 aromatic heterocycles. The van der Waals surface area contributed by atoms with Gasteiger partial charge in [0.25, 0.3) is 15.9 Å². The van der Waals surface area contributed by atoms with Crippen LogP contribution in [-0.2, 0) is 16.4 Å². The van der Waals surface area contributed by atoms with E-state index in [2.05, 4.69) is 35.8 Å². The topological polar surface area (TPSA) is 97.4 Å². The summed E-state index contributed by atoms with van der Waals surface area (Å²) < 4.78 is 33.7. The summed E-state index contributed by atoms with van der Waals surface area (Å²) in [5.41, 5.74) is 2.00. The average molecular weight is 496 g/mol. The highest BCUT2D eigenvalue weighted by atomic mass is 32.2. The van der Waals surface area contributed by atoms with Gasteiger partial charge in [-0.1, -0.05) is 45.7 Å². The Hall–Kier alpha value is -3.39. The molecule has 7 nitrogen and oxygen atoms in total. The van der Waals surface area contributed by atoms with E-state index in [1.165, 1.54) is 6.20 Å². The lowest BCUT2D eigenvalue weighted by Crippen LogP contribution is -2.24. The van der Waals surface area contributed by atoms with Gasteiger partial charge >= 0.3 is 0 Å². The third-order valence-electron chi connectivity index (χ3n) is 5.27. The van der Waals surface area contributed by atoms with E-state index in [1.807, 2.05) is 12.1 Å². The molecule has 186 valence electrons. The van der Waals surface area contributed by atoms with E-state index in [4.69, 9.17) is 4.74 Å². The molecule has 0 saturated heterocycles. The van der Waals surface area contributed by atoms with Gasteiger partial charge in [0.05, 0.1) is 10.5 Å². The molecule has 0 unspecified atom stereocenters. The number of nitrogens with zero attached hydrogens (tertiary/aromatic N) is 1. The Morgan fingerprint density at radius 3 is 2.29 bits per heavy atom. The van der Waals surface area contributed by atoms with Crippen LogP contribution in [0.5, 0.6) is 11.6 Å². The van der Waals surface area contributed by atoms with Crippen molar-refractivity contribution in [3.8, 4) is 11.6 Å². The first-order valence-electron chi connectivity index (χ1n) is 11.9. The molecule has 0 aliphatic rings. The van der Waals surface area contributed by atoms with Crippen molar-refractivity contribution in [3.05, 3.63) is 78.0 Å². The van der Waals surface area contributed by atoms with E-state index in [0.29, 0.717) is 35.3 Å². The Labute approximate surface area is 208 Å². The van der Waals surface area contributed by atoms with Gasteiger partial charge in [0, 0.05) is 24.5 Å². The number of pyridine rings is 1. The number of benzene rings is 2. The van der Waals surface area contributed by atoms with Gasteiger partial charge < -0.3 is 10.1 Å². The highest BCUT2D eigenvalue weighted by Crippen LogP contribution is 2.23. The number of hydrogen-bond acceptors (Lipinski definition) is 5. The maximum Gasteiger partial charge on any atom is 0.261 e. The van der Waals surface area contributed by atoms with Crippen LogP contribution in [-0.4, -0.2) is 25.9 Å². The van der Waals surface area contributed by atoms with Gasteiger partial charge in [-0.2, -0.15) is 0 Å². The molecule has 0 radical (unpaired) electrons. The molecule has 1 amide bonds. The van der Waals surface area contributed by atoms with Crippen molar-refractivity contribution in [3.63, 3.8) is 0 Å². The highest BCUT2D eigenvalue weighted by Gasteiger charge is 2.14. The van der Waals surface area contributed by atoms with Crippen molar-refractivity contribution >= 4 is 21.6 Å². The lowest BCUT2D eigenvalue weighted by molar-refractivity contribution is 0.0952. The Bertz CT molecular complexity index is 1190. The zero-order valence-electron chi connectivity index (χ0n) is 20.5. The Kier molecular flexibility index (Phi) is 9.25. The third kappa shape index (κ3) is 8.10. The predicted octanol–water partition coefficient (Wildman–Crippen LogP) is 5.79. The molecule has 0 fully saturated rings. The quantitative estimate of drug-likeness (QED) is 0.310. The molecule has 1 heterocycles. The minimum atomic E-state index is -3.69. The van der Waals surface area contributed by atoms with Crippen LogP contribution in [0.3, 0.4) is 0 Å². The van der Waals surface area contributed by atoms with Crippen LogP contribution in [0.2, 0.25) is 0 Å². The zero-order chi connectivity index (χ0) is 25.3. The molecular weight excluding hydrogens is 462 g/mol. The summed E-state index contributed by atoms with van der Waals surface area (Å²) in [6, 6.07) is 16.8. The minimum Gasteiger partial charge on any atom is -0.439 e. The smallest absolute Gasteiger partial charge is 0.261 e. The maximum atomic E-state index is 12.7. The van der Waals surface area contributed by atoms with Crippen molar-refractivity contribution in [1.82, 2.24) is 10.3 Å². The second kappa shape index (κ2) is 12.4. The Morgan fingerprint density at radius 1 is 0.971 bits per heavy atom. The van der Waals surface area contributed by atoms with E-state index in [0.717, 1.165) is 31.2 Å². The van der Waals surface area contributed by atoms with Crippen molar-refractivity contribution in [2.75, 3.05) is 11.3 Å². The number of sulfonamides is 1. The molecule has 0 atom stereocenters. The summed E-state index contributed by atoms with van der Waals surface area (Å²) in [6.07, 6.45) is 5.51. The summed E-state index contributed by atoms with van der Waals surface area (Å²) >= 11 is 0. The van der Waals surface area contributed by atoms with Gasteiger partial charge in [0.15, 0.2) is 0 Å². The number of carbonyl (C=O) groups is 1. The fraction of sp³-hybridized carbons (Fsp3) is 0.333. The minimum absolute atomic E-state index is 0.161. The van der Waals surface area contributed by atoms with Gasteiger partial charge in [-0.3, -0.25) is 9.52 Å². The number of unbranched alkanes of at least 4 members (excludes halogenated alkanes) is 2. The molecule has 3 aromatic rings. The molecular formula is C27H33N3O4S. The highest BCUT2D eigenvalue weighted by molar-refractivity contribution is 7.92. The average Bonchev–Trinajstić information content (AvgIpc) is 2.83. The Morgan fingerprint density at radius 2 is 1.69 bits per heavy atom. The standard InChI is InChI=1S/C27H33N3O4S/c1-4-5-6-17-28-27(31)22-9-16-26(29-19-22)34-24-12-10-23(11-13-24)30-35(32,33)25-14-7-21(8-15-25)18-20(2)3/h7-16,19-20,30H,4-6,17-18H2,1-3H3,(H,28,31). The molecule has 2 N–H and O–H groups in total. The summed E-state index contributed by atoms with van der Waals surface area (Å²) in [5, 5.41) is 2.87. The van der Waals surface area contributed by atoms with Crippen molar-refractivity contribution < 1.29 is 17.9 Å². The number of amides is 1. The fourth-order valence-electron chi connectivity index (χ4n) is 3.46. The molecule has 0 aliphatic carbocycles. The molecule has 0 aliphatic heterocycles. The first-order valence-corrected chi connectivity index (χ1v) is 13.4.